The summed E-state index contributed by atoms with van der Waals surface area (Å²) in [6.45, 7) is 0. The molecular weight excluding hydrogens is 743 g/mol. The summed E-state index contributed by atoms with van der Waals surface area (Å²) in [5.74, 6) is 0. The molecule has 0 saturated heterocycles. The molecule has 3 nitrogen and oxygen atoms in total. The third-order valence-corrected chi connectivity index (χ3v) is 12.1. The fraction of sp³-hybridized carbons (Fsp3) is 0. The quantitative estimate of drug-likeness (QED) is 0.161. The van der Waals surface area contributed by atoms with Crippen molar-refractivity contribution >= 4 is 71.7 Å². The Morgan fingerprint density at radius 3 is 1.75 bits per heavy atom. The fourth-order valence-corrected chi connectivity index (χ4v) is 9.23. The smallest absolute Gasteiger partial charge is 0.143 e. The summed E-state index contributed by atoms with van der Waals surface area (Å²) in [4.78, 5) is 2.38. The minimum atomic E-state index is 0.850. The first-order valence-electron chi connectivity index (χ1n) is 20.7. The number of hydrogen-bond acceptors (Lipinski definition) is 3. The van der Waals surface area contributed by atoms with Crippen molar-refractivity contribution in [2.45, 2.75) is 0 Å². The van der Waals surface area contributed by atoms with Gasteiger partial charge in [0.05, 0.1) is 11.1 Å². The third-order valence-electron chi connectivity index (χ3n) is 12.1. The molecule has 2 heterocycles. The van der Waals surface area contributed by atoms with Crippen molar-refractivity contribution in [2.75, 3.05) is 4.90 Å². The Labute approximate surface area is 353 Å². The van der Waals surface area contributed by atoms with Gasteiger partial charge >= 0.3 is 0 Å². The van der Waals surface area contributed by atoms with Gasteiger partial charge in [0.15, 0.2) is 0 Å². The topological polar surface area (TPSA) is 29.5 Å². The molecule has 2 aromatic heterocycles. The molecule has 0 aliphatic heterocycles. The van der Waals surface area contributed by atoms with Crippen LogP contribution in [0.2, 0.25) is 0 Å². The molecular formula is C58H37NO2. The Hall–Kier alpha value is -8.14. The maximum absolute atomic E-state index is 6.73. The third kappa shape index (κ3) is 5.90. The minimum Gasteiger partial charge on any atom is -0.456 e. The average Bonchev–Trinajstić information content (AvgIpc) is 3.92. The van der Waals surface area contributed by atoms with Gasteiger partial charge in [-0.25, -0.2) is 0 Å². The molecule has 3 heteroatoms. The summed E-state index contributed by atoms with van der Waals surface area (Å²) in [5, 5.41) is 6.65. The lowest BCUT2D eigenvalue weighted by atomic mass is 9.91. The highest BCUT2D eigenvalue weighted by Gasteiger charge is 2.22. The van der Waals surface area contributed by atoms with Gasteiger partial charge in [-0.05, 0) is 111 Å². The van der Waals surface area contributed by atoms with E-state index in [4.69, 9.17) is 8.83 Å². The van der Waals surface area contributed by atoms with Crippen LogP contribution in [-0.2, 0) is 0 Å². The Morgan fingerprint density at radius 1 is 0.295 bits per heavy atom. The fourth-order valence-electron chi connectivity index (χ4n) is 9.23. The highest BCUT2D eigenvalue weighted by molar-refractivity contribution is 6.20. The number of benzene rings is 10. The zero-order chi connectivity index (χ0) is 40.3. The second-order valence-electron chi connectivity index (χ2n) is 15.6. The van der Waals surface area contributed by atoms with Crippen molar-refractivity contribution in [1.29, 1.82) is 0 Å². The Morgan fingerprint density at radius 2 is 0.934 bits per heavy atom. The van der Waals surface area contributed by atoms with E-state index in [-0.39, 0.29) is 0 Å². The number of para-hydroxylation sites is 1. The van der Waals surface area contributed by atoms with Gasteiger partial charge in [0.25, 0.3) is 0 Å². The summed E-state index contributed by atoms with van der Waals surface area (Å²) in [6.07, 6.45) is 0. The largest absolute Gasteiger partial charge is 0.456 e. The van der Waals surface area contributed by atoms with Crippen LogP contribution < -0.4 is 4.90 Å². The van der Waals surface area contributed by atoms with Gasteiger partial charge < -0.3 is 13.7 Å². The summed E-state index contributed by atoms with van der Waals surface area (Å²) in [7, 11) is 0. The monoisotopic (exact) mass is 779 g/mol. The molecule has 0 N–H and O–H groups in total. The summed E-state index contributed by atoms with van der Waals surface area (Å²) < 4.78 is 13.1. The molecule has 0 aliphatic rings. The van der Waals surface area contributed by atoms with Gasteiger partial charge in [-0.1, -0.05) is 164 Å². The van der Waals surface area contributed by atoms with Crippen LogP contribution in [0.3, 0.4) is 0 Å². The van der Waals surface area contributed by atoms with Crippen molar-refractivity contribution in [3.63, 3.8) is 0 Å². The van der Waals surface area contributed by atoms with E-state index in [0.29, 0.717) is 0 Å². The van der Waals surface area contributed by atoms with Gasteiger partial charge in [0, 0.05) is 32.9 Å². The first-order valence-corrected chi connectivity index (χ1v) is 20.7. The van der Waals surface area contributed by atoms with Crippen LogP contribution in [0, 0.1) is 0 Å². The molecule has 12 rings (SSSR count). The van der Waals surface area contributed by atoms with Crippen LogP contribution in [-0.4, -0.2) is 0 Å². The Balaban J connectivity index is 1.04. The molecule has 286 valence electrons. The molecule has 10 aromatic carbocycles. The molecule has 0 radical (unpaired) electrons. The predicted molar refractivity (Wildman–Crippen MR) is 255 cm³/mol. The number of anilines is 3. The summed E-state index contributed by atoms with van der Waals surface area (Å²) >= 11 is 0. The predicted octanol–water partition coefficient (Wildman–Crippen LogP) is 16.8. The van der Waals surface area contributed by atoms with Crippen molar-refractivity contribution < 1.29 is 8.83 Å². The number of furan rings is 2. The first-order chi connectivity index (χ1) is 30.2. The SMILES string of the molecule is c1ccc(-c2ccc(-c3ccc(N(c4cccc(-c5cccc6oc7ccccc7c56)c4)c4cccc5oc6c7ccccc7ccc6c45)cc3)cc2-c2ccccc2)cc1. The molecule has 0 fully saturated rings. The molecule has 0 aliphatic carbocycles. The number of hydrogen-bond donors (Lipinski definition) is 0. The molecule has 0 unspecified atom stereocenters. The van der Waals surface area contributed by atoms with Crippen molar-refractivity contribution in [3.05, 3.63) is 224 Å². The van der Waals surface area contributed by atoms with E-state index in [1.807, 2.05) is 12.1 Å². The van der Waals surface area contributed by atoms with E-state index in [0.717, 1.165) is 94.0 Å². The van der Waals surface area contributed by atoms with Crippen molar-refractivity contribution in [3.8, 4) is 44.5 Å². The molecule has 0 saturated carbocycles. The van der Waals surface area contributed by atoms with Crippen LogP contribution in [0.4, 0.5) is 17.1 Å². The van der Waals surface area contributed by atoms with E-state index in [1.165, 1.54) is 22.3 Å². The van der Waals surface area contributed by atoms with E-state index in [9.17, 15) is 0 Å². The lowest BCUT2D eigenvalue weighted by Crippen LogP contribution is -2.10. The summed E-state index contributed by atoms with van der Waals surface area (Å²) in [6, 6.07) is 79.9. The number of rotatable bonds is 7. The molecule has 0 amide bonds. The van der Waals surface area contributed by atoms with Gasteiger partial charge in [0.2, 0.25) is 0 Å². The van der Waals surface area contributed by atoms with E-state index in [1.54, 1.807) is 0 Å². The number of fused-ring (bicyclic) bond motifs is 8. The van der Waals surface area contributed by atoms with Crippen LogP contribution in [0.25, 0.3) is 99.2 Å². The zero-order valence-corrected chi connectivity index (χ0v) is 33.1. The Bertz CT molecular complexity index is 3580. The molecule has 0 atom stereocenters. The van der Waals surface area contributed by atoms with Gasteiger partial charge in [-0.2, -0.15) is 0 Å². The highest BCUT2D eigenvalue weighted by atomic mass is 16.3. The van der Waals surface area contributed by atoms with Gasteiger partial charge in [-0.3, -0.25) is 0 Å². The second-order valence-corrected chi connectivity index (χ2v) is 15.6. The van der Waals surface area contributed by atoms with Gasteiger partial charge in [0.1, 0.15) is 22.3 Å². The second kappa shape index (κ2) is 14.3. The van der Waals surface area contributed by atoms with Crippen LogP contribution in [0.1, 0.15) is 0 Å². The number of nitrogens with zero attached hydrogens (tertiary/aromatic N) is 1. The molecule has 0 spiro atoms. The van der Waals surface area contributed by atoms with E-state index in [2.05, 4.69) is 217 Å². The normalized spacial score (nSPS) is 11.6. The first kappa shape index (κ1) is 34.9. The average molecular weight is 780 g/mol. The van der Waals surface area contributed by atoms with Gasteiger partial charge in [-0.15, -0.1) is 0 Å². The van der Waals surface area contributed by atoms with Crippen LogP contribution in [0.5, 0.6) is 0 Å². The van der Waals surface area contributed by atoms with Crippen molar-refractivity contribution in [2.24, 2.45) is 0 Å². The maximum atomic E-state index is 6.73. The molecule has 61 heavy (non-hydrogen) atoms. The Kier molecular flexibility index (Phi) is 8.17. The molecule has 0 bridgehead atoms. The molecule has 12 aromatic rings. The lowest BCUT2D eigenvalue weighted by Gasteiger charge is -2.27. The standard InChI is InChI=1S/C58H37NO2/c1-3-14-39(15-4-1)46-34-31-42(37-51(46)40-16-5-2-6-17-40)38-28-32-44(33-29-38)59(52-24-13-27-55-57(52)50-35-30-41-18-7-8-21-48(41)58(50)61-55)45-20-11-19-43(36-45)47-23-12-26-54-56(47)49-22-9-10-25-53(49)60-54/h1-37H. The van der Waals surface area contributed by atoms with E-state index < -0.39 is 0 Å². The minimum absolute atomic E-state index is 0.850. The summed E-state index contributed by atoms with van der Waals surface area (Å²) in [5.41, 5.74) is 16.0. The maximum Gasteiger partial charge on any atom is 0.143 e. The highest BCUT2D eigenvalue weighted by Crippen LogP contribution is 2.46. The van der Waals surface area contributed by atoms with Crippen molar-refractivity contribution in [1.82, 2.24) is 0 Å². The van der Waals surface area contributed by atoms with Crippen LogP contribution in [0.15, 0.2) is 233 Å². The zero-order valence-electron chi connectivity index (χ0n) is 33.1. The lowest BCUT2D eigenvalue weighted by molar-refractivity contribution is 0.669. The van der Waals surface area contributed by atoms with E-state index >= 15 is 0 Å². The van der Waals surface area contributed by atoms with Crippen LogP contribution >= 0.6 is 0 Å².